The zero-order chi connectivity index (χ0) is 18.4. The van der Waals surface area contributed by atoms with Crippen molar-refractivity contribution in [1.29, 1.82) is 5.26 Å². The maximum atomic E-state index is 9.16. The number of nitriles is 1. The molecule has 0 aromatic heterocycles. The summed E-state index contributed by atoms with van der Waals surface area (Å²) < 4.78 is 2.44. The van der Waals surface area contributed by atoms with Gasteiger partial charge in [-0.3, -0.25) is 0 Å². The Labute approximate surface area is 160 Å². The molecular formula is C22H25BN2S. The van der Waals surface area contributed by atoms with E-state index in [2.05, 4.69) is 77.3 Å². The normalized spacial score (nSPS) is 15.9. The second-order valence-corrected chi connectivity index (χ2v) is 8.73. The fraction of sp³-hybridized carbons (Fsp3) is 0.273. The first-order chi connectivity index (χ1) is 12.7. The number of hydrogen-bond acceptors (Lipinski definition) is 2. The third kappa shape index (κ3) is 4.48. The summed E-state index contributed by atoms with van der Waals surface area (Å²) in [6.07, 6.45) is 6.10. The van der Waals surface area contributed by atoms with Gasteiger partial charge in [-0.1, -0.05) is 84.3 Å². The van der Waals surface area contributed by atoms with Crippen molar-refractivity contribution in [2.75, 3.05) is 4.31 Å². The number of para-hydroxylation sites is 1. The van der Waals surface area contributed by atoms with Crippen molar-refractivity contribution in [2.24, 2.45) is 0 Å². The molecule has 132 valence electrons. The smallest absolute Gasteiger partial charge is 0.267 e. The molecule has 0 N–H and O–H groups in total. The Morgan fingerprint density at radius 2 is 1.77 bits per heavy atom. The molecule has 2 nitrogen and oxygen atoms in total. The van der Waals surface area contributed by atoms with Crippen LogP contribution in [-0.2, 0) is 6.54 Å². The van der Waals surface area contributed by atoms with Crippen LogP contribution < -0.4 is 4.31 Å². The zero-order valence-electron chi connectivity index (χ0n) is 15.2. The maximum absolute atomic E-state index is 9.16. The van der Waals surface area contributed by atoms with E-state index >= 15 is 0 Å². The summed E-state index contributed by atoms with van der Waals surface area (Å²) in [5.41, 5.74) is 3.65. The van der Waals surface area contributed by atoms with Crippen LogP contribution in [0.15, 0.2) is 61.2 Å². The summed E-state index contributed by atoms with van der Waals surface area (Å²) in [7, 11) is -0.116. The van der Waals surface area contributed by atoms with Gasteiger partial charge < -0.3 is 4.31 Å². The van der Waals surface area contributed by atoms with Crippen molar-refractivity contribution in [3.63, 3.8) is 0 Å². The predicted molar refractivity (Wildman–Crippen MR) is 118 cm³/mol. The third-order valence-corrected chi connectivity index (χ3v) is 7.26. The molecule has 1 heterocycles. The van der Waals surface area contributed by atoms with Gasteiger partial charge in [0.25, 0.3) is 6.71 Å². The van der Waals surface area contributed by atoms with Gasteiger partial charge in [-0.25, -0.2) is 5.26 Å². The molecule has 1 aliphatic heterocycles. The van der Waals surface area contributed by atoms with Crippen LogP contribution in [0.1, 0.15) is 24.0 Å². The Hall–Kier alpha value is -2.25. The first kappa shape index (κ1) is 18.5. The lowest BCUT2D eigenvalue weighted by Gasteiger charge is -2.35. The SMILES string of the molecule is C=Cc1ccc(CN(c2ccccc2)S(=C)C2CCB(C#N)CC2)cc1. The molecule has 0 saturated carbocycles. The van der Waals surface area contributed by atoms with Crippen molar-refractivity contribution >= 4 is 35.0 Å². The van der Waals surface area contributed by atoms with Crippen molar-refractivity contribution in [3.05, 3.63) is 72.3 Å². The maximum Gasteiger partial charge on any atom is 0.267 e. The molecule has 2 aromatic carbocycles. The molecule has 4 heteroatoms. The first-order valence-corrected chi connectivity index (χ1v) is 10.6. The molecule has 3 rings (SSSR count). The van der Waals surface area contributed by atoms with Crippen LogP contribution in [0.3, 0.4) is 0 Å². The lowest BCUT2D eigenvalue weighted by atomic mass is 9.43. The Balaban J connectivity index is 1.80. The molecule has 1 unspecified atom stereocenters. The van der Waals surface area contributed by atoms with Gasteiger partial charge in [-0.2, -0.15) is 0 Å². The molecule has 0 aliphatic carbocycles. The lowest BCUT2D eigenvalue weighted by molar-refractivity contribution is 0.743. The first-order valence-electron chi connectivity index (χ1n) is 9.17. The minimum absolute atomic E-state index is 0.116. The highest BCUT2D eigenvalue weighted by molar-refractivity contribution is 8.15. The monoisotopic (exact) mass is 360 g/mol. The van der Waals surface area contributed by atoms with E-state index in [1.54, 1.807) is 0 Å². The number of nitrogens with zero attached hydrogens (tertiary/aromatic N) is 2. The fourth-order valence-electron chi connectivity index (χ4n) is 3.47. The van der Waals surface area contributed by atoms with E-state index in [1.165, 1.54) is 11.3 Å². The molecule has 0 amide bonds. The van der Waals surface area contributed by atoms with Crippen LogP contribution in [-0.4, -0.2) is 17.8 Å². The average Bonchev–Trinajstić information content (AvgIpc) is 2.72. The Kier molecular flexibility index (Phi) is 6.36. The molecule has 1 aliphatic rings. The Morgan fingerprint density at radius 1 is 1.12 bits per heavy atom. The number of benzene rings is 2. The molecule has 0 spiro atoms. The summed E-state index contributed by atoms with van der Waals surface area (Å²) in [6.45, 7) is 4.92. The van der Waals surface area contributed by atoms with Crippen molar-refractivity contribution in [1.82, 2.24) is 0 Å². The number of anilines is 1. The van der Waals surface area contributed by atoms with Crippen molar-refractivity contribution < 1.29 is 0 Å². The predicted octanol–water partition coefficient (Wildman–Crippen LogP) is 5.67. The molecular weight excluding hydrogens is 335 g/mol. The average molecular weight is 360 g/mol. The van der Waals surface area contributed by atoms with E-state index in [1.807, 2.05) is 6.08 Å². The minimum Gasteiger partial charge on any atom is -0.318 e. The molecule has 1 fully saturated rings. The Morgan fingerprint density at radius 3 is 2.35 bits per heavy atom. The van der Waals surface area contributed by atoms with Crippen LogP contribution >= 0.6 is 10.7 Å². The summed E-state index contributed by atoms with van der Waals surface area (Å²) in [5, 5.41) is 9.72. The van der Waals surface area contributed by atoms with Gasteiger partial charge >= 0.3 is 0 Å². The van der Waals surface area contributed by atoms with Crippen LogP contribution in [0.4, 0.5) is 5.69 Å². The highest BCUT2D eigenvalue weighted by Gasteiger charge is 2.27. The second-order valence-electron chi connectivity index (χ2n) is 6.82. The van der Waals surface area contributed by atoms with Gasteiger partial charge in [0, 0.05) is 16.9 Å². The summed E-state index contributed by atoms with van der Waals surface area (Å²) in [4.78, 5) is 0. The van der Waals surface area contributed by atoms with Gasteiger partial charge in [-0.05, 0) is 36.1 Å². The van der Waals surface area contributed by atoms with E-state index < -0.39 is 0 Å². The fourth-order valence-corrected chi connectivity index (χ4v) is 5.36. The molecule has 1 saturated heterocycles. The quantitative estimate of drug-likeness (QED) is 0.490. The van der Waals surface area contributed by atoms with Crippen LogP contribution in [0.2, 0.25) is 12.6 Å². The highest BCUT2D eigenvalue weighted by atomic mass is 32.2. The molecule has 26 heavy (non-hydrogen) atoms. The standard InChI is InChI=1S/C22H25BN2S/c1-3-19-9-11-20(12-10-19)17-25(21-7-5-4-6-8-21)26(2)22-13-15-23(18-24)16-14-22/h3-12,22H,1-2,13-17H2. The summed E-state index contributed by atoms with van der Waals surface area (Å²) >= 11 is 0. The van der Waals surface area contributed by atoms with Crippen LogP contribution in [0.25, 0.3) is 6.08 Å². The van der Waals surface area contributed by atoms with Gasteiger partial charge in [0.2, 0.25) is 0 Å². The van der Waals surface area contributed by atoms with E-state index in [4.69, 9.17) is 5.26 Å². The van der Waals surface area contributed by atoms with Gasteiger partial charge in [-0.15, -0.1) is 0 Å². The van der Waals surface area contributed by atoms with Gasteiger partial charge in [0.1, 0.15) is 0 Å². The number of hydrogen-bond donors (Lipinski definition) is 0. The second kappa shape index (κ2) is 8.92. The minimum atomic E-state index is -0.116. The zero-order valence-corrected chi connectivity index (χ0v) is 16.0. The summed E-state index contributed by atoms with van der Waals surface area (Å²) in [6, 6.07) is 19.2. The van der Waals surface area contributed by atoms with Crippen LogP contribution in [0, 0.1) is 11.2 Å². The summed E-state index contributed by atoms with van der Waals surface area (Å²) in [5.74, 6) is 7.01. The van der Waals surface area contributed by atoms with Gasteiger partial charge in [0.05, 0.1) is 6.54 Å². The van der Waals surface area contributed by atoms with Gasteiger partial charge in [0.15, 0.2) is 0 Å². The molecule has 2 aromatic rings. The van der Waals surface area contributed by atoms with Crippen molar-refractivity contribution in [3.8, 4) is 5.97 Å². The molecule has 0 radical (unpaired) electrons. The van der Waals surface area contributed by atoms with E-state index in [9.17, 15) is 0 Å². The Bertz CT molecular complexity index is 787. The molecule has 1 atom stereocenters. The highest BCUT2D eigenvalue weighted by Crippen LogP contribution is 2.39. The largest absolute Gasteiger partial charge is 0.318 e. The van der Waals surface area contributed by atoms with Crippen molar-refractivity contribution in [2.45, 2.75) is 37.3 Å². The van der Waals surface area contributed by atoms with E-state index in [-0.39, 0.29) is 17.4 Å². The van der Waals surface area contributed by atoms with E-state index in [0.717, 1.165) is 37.6 Å². The van der Waals surface area contributed by atoms with Crippen LogP contribution in [0.5, 0.6) is 0 Å². The lowest BCUT2D eigenvalue weighted by Crippen LogP contribution is -2.28. The number of rotatable bonds is 6. The van der Waals surface area contributed by atoms with E-state index in [0.29, 0.717) is 5.25 Å². The third-order valence-electron chi connectivity index (χ3n) is 5.11. The molecule has 0 bridgehead atoms. The topological polar surface area (TPSA) is 27.0 Å².